The van der Waals surface area contributed by atoms with Crippen LogP contribution in [-0.4, -0.2) is 20.8 Å². The second-order valence-corrected chi connectivity index (χ2v) is 7.22. The molecule has 1 aliphatic rings. The topological polar surface area (TPSA) is 73.0 Å². The summed E-state index contributed by atoms with van der Waals surface area (Å²) in [4.78, 5) is 12.3. The van der Waals surface area contributed by atoms with Gasteiger partial charge in [-0.25, -0.2) is 4.68 Å². The molecule has 3 aromatic rings. The van der Waals surface area contributed by atoms with E-state index in [1.54, 1.807) is 10.9 Å². The normalized spacial score (nSPS) is 16.6. The fraction of sp³-hybridized carbons (Fsp3) is 0.316. The number of anilines is 1. The van der Waals surface area contributed by atoms with Crippen molar-refractivity contribution < 1.29 is 9.32 Å². The van der Waals surface area contributed by atoms with Crippen molar-refractivity contribution in [3.8, 4) is 0 Å². The van der Waals surface area contributed by atoms with Gasteiger partial charge in [0.2, 0.25) is 5.91 Å². The molecule has 1 N–H and O–H groups in total. The molecule has 0 unspecified atom stereocenters. The number of benzene rings is 1. The number of fused-ring (bicyclic) bond motifs is 1. The van der Waals surface area contributed by atoms with Crippen LogP contribution in [0.3, 0.4) is 0 Å². The highest BCUT2D eigenvalue weighted by atomic mass is 35.5. The van der Waals surface area contributed by atoms with Crippen LogP contribution >= 0.6 is 11.6 Å². The quantitative estimate of drug-likeness (QED) is 0.748. The molecule has 4 rings (SSSR count). The van der Waals surface area contributed by atoms with Crippen molar-refractivity contribution in [2.45, 2.75) is 38.6 Å². The number of rotatable bonds is 4. The molecule has 6 nitrogen and oxygen atoms in total. The van der Waals surface area contributed by atoms with Crippen molar-refractivity contribution >= 4 is 23.3 Å². The monoisotopic (exact) mass is 370 g/mol. The molecular formula is C19H19ClN4O2. The van der Waals surface area contributed by atoms with Crippen molar-refractivity contribution in [1.29, 1.82) is 0 Å². The maximum Gasteiger partial charge on any atom is 0.226 e. The van der Waals surface area contributed by atoms with Crippen molar-refractivity contribution in [2.24, 2.45) is 0 Å². The molecule has 7 heteroatoms. The highest BCUT2D eigenvalue weighted by Crippen LogP contribution is 2.38. The zero-order chi connectivity index (χ0) is 18.3. The van der Waals surface area contributed by atoms with Gasteiger partial charge in [0.1, 0.15) is 11.6 Å². The Morgan fingerprint density at radius 3 is 2.92 bits per heavy atom. The van der Waals surface area contributed by atoms with Gasteiger partial charge in [-0.05, 0) is 17.5 Å². The van der Waals surface area contributed by atoms with Crippen molar-refractivity contribution in [1.82, 2.24) is 14.9 Å². The lowest BCUT2D eigenvalue weighted by atomic mass is 9.91. The molecule has 26 heavy (non-hydrogen) atoms. The van der Waals surface area contributed by atoms with Crippen molar-refractivity contribution in [2.75, 3.05) is 5.32 Å². The molecular weight excluding hydrogens is 352 g/mol. The summed E-state index contributed by atoms with van der Waals surface area (Å²) in [5, 5.41) is 12.2. The van der Waals surface area contributed by atoms with Gasteiger partial charge in [-0.2, -0.15) is 5.10 Å². The third kappa shape index (κ3) is 3.01. The maximum atomic E-state index is 12.3. The molecule has 1 aromatic carbocycles. The summed E-state index contributed by atoms with van der Waals surface area (Å²) >= 11 is 6.26. The number of hydrogen-bond acceptors (Lipinski definition) is 4. The molecule has 0 spiro atoms. The van der Waals surface area contributed by atoms with Crippen LogP contribution in [0.25, 0.3) is 0 Å². The number of hydrogen-bond donors (Lipinski definition) is 1. The Balaban J connectivity index is 1.69. The molecule has 0 aliphatic carbocycles. The number of nitrogens with one attached hydrogen (secondary N) is 1. The van der Waals surface area contributed by atoms with E-state index >= 15 is 0 Å². The number of halogens is 1. The minimum atomic E-state index is -0.182. The molecule has 3 heterocycles. The van der Waals surface area contributed by atoms with Gasteiger partial charge in [-0.15, -0.1) is 0 Å². The minimum absolute atomic E-state index is 0.0640. The van der Waals surface area contributed by atoms with E-state index < -0.39 is 0 Å². The van der Waals surface area contributed by atoms with Gasteiger partial charge < -0.3 is 9.84 Å². The van der Waals surface area contributed by atoms with Crippen LogP contribution in [0.5, 0.6) is 0 Å². The summed E-state index contributed by atoms with van der Waals surface area (Å²) in [6.45, 7) is 4.60. The van der Waals surface area contributed by atoms with Crippen molar-refractivity contribution in [3.63, 3.8) is 0 Å². The Kier molecular flexibility index (Phi) is 4.28. The van der Waals surface area contributed by atoms with E-state index in [4.69, 9.17) is 16.1 Å². The number of aromatic nitrogens is 3. The van der Waals surface area contributed by atoms with Gasteiger partial charge in [-0.3, -0.25) is 4.79 Å². The Morgan fingerprint density at radius 1 is 1.38 bits per heavy atom. The van der Waals surface area contributed by atoms with Crippen LogP contribution in [-0.2, 0) is 11.3 Å². The smallest absolute Gasteiger partial charge is 0.226 e. The number of amides is 1. The molecule has 1 aliphatic heterocycles. The molecule has 0 radical (unpaired) electrons. The Hall–Kier alpha value is -2.60. The predicted octanol–water partition coefficient (Wildman–Crippen LogP) is 4.17. The summed E-state index contributed by atoms with van der Waals surface area (Å²) in [6.07, 6.45) is 2.10. The first kappa shape index (κ1) is 16.8. The maximum absolute atomic E-state index is 12.3. The lowest BCUT2D eigenvalue weighted by Crippen LogP contribution is -2.24. The summed E-state index contributed by atoms with van der Waals surface area (Å²) < 4.78 is 7.29. The highest BCUT2D eigenvalue weighted by Gasteiger charge is 2.32. The second kappa shape index (κ2) is 6.61. The number of carbonyl (C=O) groups is 1. The predicted molar refractivity (Wildman–Crippen MR) is 98.5 cm³/mol. The zero-order valence-corrected chi connectivity index (χ0v) is 15.3. The van der Waals surface area contributed by atoms with Crippen LogP contribution in [0.2, 0.25) is 5.02 Å². The summed E-state index contributed by atoms with van der Waals surface area (Å²) in [6, 6.07) is 9.54. The average molecular weight is 371 g/mol. The largest absolute Gasteiger partial charge is 0.360 e. The van der Waals surface area contributed by atoms with Gasteiger partial charge in [0, 0.05) is 23.1 Å². The third-order valence-corrected chi connectivity index (χ3v) is 5.02. The fourth-order valence-electron chi connectivity index (χ4n) is 3.17. The Morgan fingerprint density at radius 2 is 2.19 bits per heavy atom. The fourth-order valence-corrected chi connectivity index (χ4v) is 3.37. The van der Waals surface area contributed by atoms with E-state index in [2.05, 4.69) is 29.4 Å². The number of nitrogens with zero attached hydrogens (tertiary/aromatic N) is 3. The zero-order valence-electron chi connectivity index (χ0n) is 14.6. The molecule has 134 valence electrons. The van der Waals surface area contributed by atoms with Crippen LogP contribution < -0.4 is 5.32 Å². The van der Waals surface area contributed by atoms with Gasteiger partial charge >= 0.3 is 0 Å². The van der Waals surface area contributed by atoms with Gasteiger partial charge in [0.25, 0.3) is 0 Å². The average Bonchev–Trinajstić information content (AvgIpc) is 3.24. The first-order valence-electron chi connectivity index (χ1n) is 8.58. The SMILES string of the molecule is CC(C)c1cc([C@@H]2CC(=O)Nc3c2cnn3Cc2ccccc2Cl)on1. The molecule has 0 fully saturated rings. The van der Waals surface area contributed by atoms with Crippen molar-refractivity contribution in [3.05, 3.63) is 64.1 Å². The van der Waals surface area contributed by atoms with Crippen LogP contribution in [0.15, 0.2) is 41.1 Å². The molecule has 2 aromatic heterocycles. The van der Waals surface area contributed by atoms with E-state index in [1.165, 1.54) is 0 Å². The molecule has 1 amide bonds. The second-order valence-electron chi connectivity index (χ2n) is 6.81. The minimum Gasteiger partial charge on any atom is -0.360 e. The van der Waals surface area contributed by atoms with Crippen LogP contribution in [0.1, 0.15) is 54.7 Å². The van der Waals surface area contributed by atoms with E-state index in [0.29, 0.717) is 29.6 Å². The lowest BCUT2D eigenvalue weighted by molar-refractivity contribution is -0.116. The van der Waals surface area contributed by atoms with E-state index in [-0.39, 0.29) is 17.7 Å². The van der Waals surface area contributed by atoms with Crippen LogP contribution in [0, 0.1) is 0 Å². The lowest BCUT2D eigenvalue weighted by Gasteiger charge is -2.21. The Labute approximate surface area is 156 Å². The number of carbonyl (C=O) groups excluding carboxylic acids is 1. The van der Waals surface area contributed by atoms with Gasteiger partial charge in [0.05, 0.1) is 24.4 Å². The Bertz CT molecular complexity index is 960. The summed E-state index contributed by atoms with van der Waals surface area (Å²) in [7, 11) is 0. The third-order valence-electron chi connectivity index (χ3n) is 4.65. The van der Waals surface area contributed by atoms with Gasteiger partial charge in [-0.1, -0.05) is 48.8 Å². The summed E-state index contributed by atoms with van der Waals surface area (Å²) in [5.74, 6) is 1.41. The van der Waals surface area contributed by atoms with Crippen LogP contribution in [0.4, 0.5) is 5.82 Å². The van der Waals surface area contributed by atoms with E-state index in [9.17, 15) is 4.79 Å². The van der Waals surface area contributed by atoms with E-state index in [0.717, 1.165) is 16.8 Å². The molecule has 0 saturated carbocycles. The first-order valence-corrected chi connectivity index (χ1v) is 8.96. The first-order chi connectivity index (χ1) is 12.5. The molecule has 0 bridgehead atoms. The standard InChI is InChI=1S/C19H19ClN4O2/c1-11(2)16-8-17(26-23-16)13-7-18(25)22-19-14(13)9-21-24(19)10-12-5-3-4-6-15(12)20/h3-6,8-9,11,13H,7,10H2,1-2H3,(H,22,25)/t13-/m1/s1. The molecule has 1 atom stereocenters. The molecule has 0 saturated heterocycles. The highest BCUT2D eigenvalue weighted by molar-refractivity contribution is 6.31. The van der Waals surface area contributed by atoms with Gasteiger partial charge in [0.15, 0.2) is 0 Å². The van der Waals surface area contributed by atoms with E-state index in [1.807, 2.05) is 30.3 Å². The summed E-state index contributed by atoms with van der Waals surface area (Å²) in [5.41, 5.74) is 2.76.